The van der Waals surface area contributed by atoms with Crippen LogP contribution < -0.4 is 14.8 Å². The van der Waals surface area contributed by atoms with E-state index in [-0.39, 0.29) is 12.5 Å². The molecule has 1 heterocycles. The predicted octanol–water partition coefficient (Wildman–Crippen LogP) is 3.90. The summed E-state index contributed by atoms with van der Waals surface area (Å²) in [7, 11) is 3.13. The first-order valence-electron chi connectivity index (χ1n) is 9.30. The van der Waals surface area contributed by atoms with E-state index in [4.69, 9.17) is 14.3 Å². The predicted molar refractivity (Wildman–Crippen MR) is 112 cm³/mol. The van der Waals surface area contributed by atoms with Gasteiger partial charge in [-0.2, -0.15) is 5.26 Å². The molecule has 0 spiro atoms. The van der Waals surface area contributed by atoms with Crippen molar-refractivity contribution < 1.29 is 19.1 Å². The lowest BCUT2D eigenvalue weighted by Gasteiger charge is -2.09. The number of carbonyl (C=O) groups excluding carboxylic acids is 1. The zero-order valence-corrected chi connectivity index (χ0v) is 17.5. The lowest BCUT2D eigenvalue weighted by atomic mass is 9.96. The van der Waals surface area contributed by atoms with Gasteiger partial charge in [-0.1, -0.05) is 5.16 Å². The van der Waals surface area contributed by atoms with Crippen LogP contribution in [-0.2, 0) is 22.5 Å². The third kappa shape index (κ3) is 4.69. The molecule has 0 saturated carbocycles. The van der Waals surface area contributed by atoms with Gasteiger partial charge in [0, 0.05) is 10.4 Å². The van der Waals surface area contributed by atoms with E-state index in [9.17, 15) is 10.1 Å². The first-order valence-corrected chi connectivity index (χ1v) is 10.1. The second-order valence-electron chi connectivity index (χ2n) is 6.59. The third-order valence-corrected chi connectivity index (χ3v) is 5.94. The number of benzene rings is 1. The Hall–Kier alpha value is -3.05. The molecule has 1 aromatic heterocycles. The zero-order valence-electron chi connectivity index (χ0n) is 16.7. The summed E-state index contributed by atoms with van der Waals surface area (Å²) in [6.07, 6.45) is 4.07. The highest BCUT2D eigenvalue weighted by Crippen LogP contribution is 2.37. The van der Waals surface area contributed by atoms with Gasteiger partial charge in [0.1, 0.15) is 11.1 Å². The third-order valence-electron chi connectivity index (χ3n) is 4.73. The number of anilines is 1. The lowest BCUT2D eigenvalue weighted by molar-refractivity contribution is -0.120. The number of hydrogen-bond acceptors (Lipinski definition) is 7. The number of carbonyl (C=O) groups is 1. The molecule has 2 aromatic rings. The molecule has 0 aliphatic heterocycles. The van der Waals surface area contributed by atoms with Crippen molar-refractivity contribution in [1.82, 2.24) is 0 Å². The molecule has 152 valence electrons. The van der Waals surface area contributed by atoms with Crippen LogP contribution in [0.1, 0.15) is 41.3 Å². The summed E-state index contributed by atoms with van der Waals surface area (Å²) in [5.41, 5.74) is 3.06. The zero-order chi connectivity index (χ0) is 20.8. The fourth-order valence-electron chi connectivity index (χ4n) is 3.24. The van der Waals surface area contributed by atoms with Crippen molar-refractivity contribution in [2.24, 2.45) is 5.16 Å². The Bertz CT molecular complexity index is 975. The number of amides is 1. The molecule has 0 unspecified atom stereocenters. The van der Waals surface area contributed by atoms with Gasteiger partial charge in [0.05, 0.1) is 25.5 Å². The molecule has 1 amide bonds. The Morgan fingerprint density at radius 1 is 1.24 bits per heavy atom. The molecule has 0 fully saturated rings. The molecule has 1 aliphatic carbocycles. The molecule has 7 nitrogen and oxygen atoms in total. The highest BCUT2D eigenvalue weighted by atomic mass is 32.1. The van der Waals surface area contributed by atoms with Crippen LogP contribution in [0.2, 0.25) is 0 Å². The van der Waals surface area contributed by atoms with Gasteiger partial charge in [-0.3, -0.25) is 4.79 Å². The van der Waals surface area contributed by atoms with Crippen LogP contribution in [0.3, 0.4) is 0 Å². The van der Waals surface area contributed by atoms with E-state index in [2.05, 4.69) is 16.5 Å². The van der Waals surface area contributed by atoms with E-state index >= 15 is 0 Å². The molecular weight excluding hydrogens is 390 g/mol. The average Bonchev–Trinajstić information content (AvgIpc) is 3.09. The van der Waals surface area contributed by atoms with E-state index in [1.165, 1.54) is 16.2 Å². The molecule has 1 aliphatic rings. The number of rotatable bonds is 7. The molecule has 1 N–H and O–H groups in total. The molecular formula is C21H23N3O4S. The normalized spacial score (nSPS) is 13.2. The summed E-state index contributed by atoms with van der Waals surface area (Å²) in [6, 6.07) is 7.63. The Morgan fingerprint density at radius 2 is 2.00 bits per heavy atom. The van der Waals surface area contributed by atoms with Crippen LogP contribution >= 0.6 is 11.3 Å². The maximum Gasteiger partial charge on any atom is 0.265 e. The number of oxime groups is 1. The van der Waals surface area contributed by atoms with Crippen molar-refractivity contribution >= 4 is 28.0 Å². The van der Waals surface area contributed by atoms with Gasteiger partial charge in [0.25, 0.3) is 5.91 Å². The smallest absolute Gasteiger partial charge is 0.265 e. The van der Waals surface area contributed by atoms with Crippen LogP contribution in [0.15, 0.2) is 23.4 Å². The average molecular weight is 413 g/mol. The number of aryl methyl sites for hydroxylation is 1. The number of thiophene rings is 1. The van der Waals surface area contributed by atoms with E-state index in [0.29, 0.717) is 27.8 Å². The summed E-state index contributed by atoms with van der Waals surface area (Å²) in [6.45, 7) is 1.54. The topological polar surface area (TPSA) is 92.9 Å². The molecule has 0 radical (unpaired) electrons. The van der Waals surface area contributed by atoms with E-state index in [1.807, 2.05) is 6.07 Å². The maximum absolute atomic E-state index is 12.3. The SMILES string of the molecule is COc1ccc(/C(C)=N/OCC(=O)Nc2sc3c(c2C#N)CCCC3)cc1OC. The van der Waals surface area contributed by atoms with Crippen molar-refractivity contribution in [3.63, 3.8) is 0 Å². The summed E-state index contributed by atoms with van der Waals surface area (Å²) in [5.74, 6) is 0.864. The Morgan fingerprint density at radius 3 is 2.72 bits per heavy atom. The van der Waals surface area contributed by atoms with E-state index in [1.54, 1.807) is 33.3 Å². The van der Waals surface area contributed by atoms with Crippen molar-refractivity contribution in [2.75, 3.05) is 26.1 Å². The number of ether oxygens (including phenoxy) is 2. The van der Waals surface area contributed by atoms with Gasteiger partial charge < -0.3 is 19.6 Å². The van der Waals surface area contributed by atoms with Crippen LogP contribution in [0.4, 0.5) is 5.00 Å². The molecule has 0 saturated heterocycles. The Kier molecular flexibility index (Phi) is 6.73. The molecule has 3 rings (SSSR count). The number of nitrogens with one attached hydrogen (secondary N) is 1. The molecule has 1 aromatic carbocycles. The molecule has 29 heavy (non-hydrogen) atoms. The highest BCUT2D eigenvalue weighted by Gasteiger charge is 2.21. The van der Waals surface area contributed by atoms with Crippen molar-refractivity contribution in [3.05, 3.63) is 39.8 Å². The van der Waals surface area contributed by atoms with Crippen LogP contribution in [0, 0.1) is 11.3 Å². The van der Waals surface area contributed by atoms with Gasteiger partial charge in [0.15, 0.2) is 18.1 Å². The number of nitriles is 1. The van der Waals surface area contributed by atoms with Gasteiger partial charge in [-0.15, -0.1) is 11.3 Å². The summed E-state index contributed by atoms with van der Waals surface area (Å²) in [4.78, 5) is 18.7. The minimum absolute atomic E-state index is 0.238. The first kappa shape index (κ1) is 20.7. The highest BCUT2D eigenvalue weighted by molar-refractivity contribution is 7.16. The number of fused-ring (bicyclic) bond motifs is 1. The second-order valence-corrected chi connectivity index (χ2v) is 7.70. The van der Waals surface area contributed by atoms with Gasteiger partial charge in [-0.05, 0) is 56.4 Å². The number of methoxy groups -OCH3 is 2. The molecule has 0 bridgehead atoms. The maximum atomic E-state index is 12.3. The quantitative estimate of drug-likeness (QED) is 0.549. The number of hydrogen-bond donors (Lipinski definition) is 1. The van der Waals surface area contributed by atoms with Crippen LogP contribution in [0.5, 0.6) is 11.5 Å². The largest absolute Gasteiger partial charge is 0.493 e. The second kappa shape index (κ2) is 9.43. The first-order chi connectivity index (χ1) is 14.1. The fourth-order valence-corrected chi connectivity index (χ4v) is 4.49. The Labute approximate surface area is 173 Å². The minimum Gasteiger partial charge on any atom is -0.493 e. The Balaban J connectivity index is 1.61. The lowest BCUT2D eigenvalue weighted by Crippen LogP contribution is -2.17. The van der Waals surface area contributed by atoms with Gasteiger partial charge in [-0.25, -0.2) is 0 Å². The molecule has 8 heteroatoms. The summed E-state index contributed by atoms with van der Waals surface area (Å²) >= 11 is 1.49. The summed E-state index contributed by atoms with van der Waals surface area (Å²) in [5, 5.41) is 16.9. The monoisotopic (exact) mass is 413 g/mol. The fraction of sp³-hybridized carbons (Fsp3) is 0.381. The van der Waals surface area contributed by atoms with Crippen molar-refractivity contribution in [3.8, 4) is 17.6 Å². The minimum atomic E-state index is -0.344. The number of nitrogens with zero attached hydrogens (tertiary/aromatic N) is 2. The van der Waals surface area contributed by atoms with Gasteiger partial charge >= 0.3 is 0 Å². The van der Waals surface area contributed by atoms with E-state index < -0.39 is 0 Å². The van der Waals surface area contributed by atoms with Crippen molar-refractivity contribution in [1.29, 1.82) is 5.26 Å². The van der Waals surface area contributed by atoms with Crippen LogP contribution in [0.25, 0.3) is 0 Å². The van der Waals surface area contributed by atoms with Crippen molar-refractivity contribution in [2.45, 2.75) is 32.6 Å². The standard InChI is InChI=1S/C21H23N3O4S/c1-13(14-8-9-17(26-2)18(10-14)27-3)24-28-12-20(25)23-21-16(11-22)15-6-4-5-7-19(15)29-21/h8-10H,4-7,12H2,1-3H3,(H,23,25)/b24-13+. The van der Waals surface area contributed by atoms with E-state index in [0.717, 1.165) is 36.8 Å². The van der Waals surface area contributed by atoms with Crippen LogP contribution in [-0.4, -0.2) is 32.4 Å². The van der Waals surface area contributed by atoms with Gasteiger partial charge in [0.2, 0.25) is 0 Å². The molecule has 0 atom stereocenters. The summed E-state index contributed by atoms with van der Waals surface area (Å²) < 4.78 is 10.5.